The van der Waals surface area contributed by atoms with Crippen molar-refractivity contribution in [2.75, 3.05) is 6.61 Å². The Hall–Kier alpha value is -1.57. The zero-order valence-electron chi connectivity index (χ0n) is 9.89. The lowest BCUT2D eigenvalue weighted by Crippen LogP contribution is -2.24. The maximum atomic E-state index is 9.73. The first-order chi connectivity index (χ1) is 8.70. The van der Waals surface area contributed by atoms with Crippen molar-refractivity contribution >= 4 is 11.2 Å². The third kappa shape index (κ3) is 1.67. The summed E-state index contributed by atoms with van der Waals surface area (Å²) in [5.74, 6) is 0. The van der Waals surface area contributed by atoms with Crippen LogP contribution in [0.4, 0.5) is 0 Å². The fourth-order valence-electron chi connectivity index (χ4n) is 2.23. The first-order valence-corrected chi connectivity index (χ1v) is 5.79. The van der Waals surface area contributed by atoms with E-state index in [1.807, 2.05) is 6.92 Å². The summed E-state index contributed by atoms with van der Waals surface area (Å²) >= 11 is 0. The van der Waals surface area contributed by atoms with Gasteiger partial charge in [-0.05, 0) is 6.92 Å². The molecule has 1 aliphatic rings. The number of aryl methyl sites for hydroxylation is 1. The van der Waals surface area contributed by atoms with Crippen LogP contribution in [-0.4, -0.2) is 48.5 Å². The molecule has 18 heavy (non-hydrogen) atoms. The molecule has 0 spiro atoms. The number of hydrogen-bond donors (Lipinski definition) is 2. The molecular formula is C11H14N4O3. The van der Waals surface area contributed by atoms with Gasteiger partial charge in [-0.15, -0.1) is 0 Å². The fourth-order valence-corrected chi connectivity index (χ4v) is 2.23. The molecular weight excluding hydrogens is 236 g/mol. The Morgan fingerprint density at radius 2 is 2.28 bits per heavy atom. The SMILES string of the molecule is Cc1ncnc2c1ncn2[C@H]1C[C@H](O)[C@@H](CO)O1. The Bertz CT molecular complexity index is 570. The molecule has 2 aromatic rings. The van der Waals surface area contributed by atoms with Gasteiger partial charge >= 0.3 is 0 Å². The van der Waals surface area contributed by atoms with Crippen LogP contribution in [0.15, 0.2) is 12.7 Å². The van der Waals surface area contributed by atoms with E-state index < -0.39 is 12.2 Å². The lowest BCUT2D eigenvalue weighted by atomic mass is 10.2. The Morgan fingerprint density at radius 1 is 1.44 bits per heavy atom. The minimum Gasteiger partial charge on any atom is -0.394 e. The molecule has 3 atom stereocenters. The van der Waals surface area contributed by atoms with Gasteiger partial charge in [0.15, 0.2) is 5.65 Å². The molecule has 3 rings (SSSR count). The van der Waals surface area contributed by atoms with E-state index >= 15 is 0 Å². The van der Waals surface area contributed by atoms with Crippen molar-refractivity contribution in [3.8, 4) is 0 Å². The highest BCUT2D eigenvalue weighted by Gasteiger charge is 2.35. The maximum absolute atomic E-state index is 9.73. The van der Waals surface area contributed by atoms with Crippen LogP contribution in [-0.2, 0) is 4.74 Å². The summed E-state index contributed by atoms with van der Waals surface area (Å²) in [6.45, 7) is 1.67. The summed E-state index contributed by atoms with van der Waals surface area (Å²) in [6, 6.07) is 0. The van der Waals surface area contributed by atoms with Crippen LogP contribution in [0.1, 0.15) is 18.3 Å². The van der Waals surface area contributed by atoms with Crippen LogP contribution in [0.2, 0.25) is 0 Å². The van der Waals surface area contributed by atoms with Crippen molar-refractivity contribution in [2.45, 2.75) is 31.8 Å². The topological polar surface area (TPSA) is 93.3 Å². The number of nitrogens with zero attached hydrogens (tertiary/aromatic N) is 4. The lowest BCUT2D eigenvalue weighted by molar-refractivity contribution is -0.0432. The largest absolute Gasteiger partial charge is 0.394 e. The van der Waals surface area contributed by atoms with Crippen molar-refractivity contribution < 1.29 is 14.9 Å². The molecule has 7 heteroatoms. The second kappa shape index (κ2) is 4.27. The molecule has 0 aromatic carbocycles. The van der Waals surface area contributed by atoms with Gasteiger partial charge in [-0.2, -0.15) is 0 Å². The molecule has 0 radical (unpaired) electrons. The summed E-state index contributed by atoms with van der Waals surface area (Å²) < 4.78 is 7.34. The minimum atomic E-state index is -0.666. The summed E-state index contributed by atoms with van der Waals surface area (Å²) in [5, 5.41) is 18.8. The number of aliphatic hydroxyl groups excluding tert-OH is 2. The summed E-state index contributed by atoms with van der Waals surface area (Å²) in [7, 11) is 0. The molecule has 3 heterocycles. The van der Waals surface area contributed by atoms with Gasteiger partial charge in [0.2, 0.25) is 0 Å². The number of aliphatic hydroxyl groups is 2. The molecule has 0 saturated carbocycles. The van der Waals surface area contributed by atoms with Crippen molar-refractivity contribution in [3.63, 3.8) is 0 Å². The predicted molar refractivity (Wildman–Crippen MR) is 61.7 cm³/mol. The van der Waals surface area contributed by atoms with Gasteiger partial charge in [0.05, 0.1) is 24.7 Å². The van der Waals surface area contributed by atoms with E-state index in [0.717, 1.165) is 11.2 Å². The normalized spacial score (nSPS) is 28.1. The lowest BCUT2D eigenvalue weighted by Gasteiger charge is -2.13. The first kappa shape index (κ1) is 11.5. The smallest absolute Gasteiger partial charge is 0.165 e. The van der Waals surface area contributed by atoms with Gasteiger partial charge in [-0.1, -0.05) is 0 Å². The average Bonchev–Trinajstić information content (AvgIpc) is 2.93. The van der Waals surface area contributed by atoms with Gasteiger partial charge < -0.3 is 14.9 Å². The Balaban J connectivity index is 1.99. The monoisotopic (exact) mass is 250 g/mol. The Kier molecular flexibility index (Phi) is 2.73. The number of imidazole rings is 1. The minimum absolute atomic E-state index is 0.196. The summed E-state index contributed by atoms with van der Waals surface area (Å²) in [4.78, 5) is 12.5. The van der Waals surface area contributed by atoms with E-state index in [4.69, 9.17) is 9.84 Å². The quantitative estimate of drug-likeness (QED) is 0.765. The third-order valence-corrected chi connectivity index (χ3v) is 3.24. The highest BCUT2D eigenvalue weighted by molar-refractivity contribution is 5.72. The fraction of sp³-hybridized carbons (Fsp3) is 0.545. The van der Waals surface area contributed by atoms with Crippen LogP contribution in [0.3, 0.4) is 0 Å². The maximum Gasteiger partial charge on any atom is 0.165 e. The standard InChI is InChI=1S/C11H14N4O3/c1-6-10-11(13-4-12-6)15(5-14-10)9-2-7(17)8(3-16)18-9/h4-5,7-9,16-17H,2-3H2,1H3/t7-,8+,9+/m0/s1. The molecule has 7 nitrogen and oxygen atoms in total. The Labute approximate surface area is 103 Å². The first-order valence-electron chi connectivity index (χ1n) is 5.79. The molecule has 0 unspecified atom stereocenters. The molecule has 0 aliphatic carbocycles. The summed E-state index contributed by atoms with van der Waals surface area (Å²) in [5.41, 5.74) is 2.21. The van der Waals surface area contributed by atoms with Gasteiger partial charge in [0.25, 0.3) is 0 Å². The van der Waals surface area contributed by atoms with E-state index in [9.17, 15) is 5.11 Å². The highest BCUT2D eigenvalue weighted by Crippen LogP contribution is 2.30. The van der Waals surface area contributed by atoms with Crippen LogP contribution >= 0.6 is 0 Å². The van der Waals surface area contributed by atoms with E-state index in [-0.39, 0.29) is 12.8 Å². The number of aromatic nitrogens is 4. The highest BCUT2D eigenvalue weighted by atomic mass is 16.5. The van der Waals surface area contributed by atoms with Crippen LogP contribution in [0, 0.1) is 6.92 Å². The third-order valence-electron chi connectivity index (χ3n) is 3.24. The van der Waals surface area contributed by atoms with Crippen molar-refractivity contribution in [1.29, 1.82) is 0 Å². The number of rotatable bonds is 2. The zero-order valence-corrected chi connectivity index (χ0v) is 9.89. The van der Waals surface area contributed by atoms with E-state index in [1.54, 1.807) is 10.9 Å². The summed E-state index contributed by atoms with van der Waals surface area (Å²) in [6.07, 6.45) is 1.96. The molecule has 1 aliphatic heterocycles. The predicted octanol–water partition coefficient (Wildman–Crippen LogP) is -0.225. The molecule has 0 bridgehead atoms. The van der Waals surface area contributed by atoms with Gasteiger partial charge in [0.1, 0.15) is 24.2 Å². The van der Waals surface area contributed by atoms with Crippen LogP contribution in [0.5, 0.6) is 0 Å². The van der Waals surface area contributed by atoms with Crippen molar-refractivity contribution in [3.05, 3.63) is 18.3 Å². The molecule has 96 valence electrons. The Morgan fingerprint density at radius 3 is 3.00 bits per heavy atom. The van der Waals surface area contributed by atoms with Crippen LogP contribution < -0.4 is 0 Å². The van der Waals surface area contributed by atoms with Crippen LogP contribution in [0.25, 0.3) is 11.2 Å². The van der Waals surface area contributed by atoms with Gasteiger partial charge in [-0.3, -0.25) is 4.57 Å². The number of ether oxygens (including phenoxy) is 1. The molecule has 2 N–H and O–H groups in total. The van der Waals surface area contributed by atoms with Gasteiger partial charge in [-0.25, -0.2) is 15.0 Å². The molecule has 1 saturated heterocycles. The van der Waals surface area contributed by atoms with Crippen molar-refractivity contribution in [2.24, 2.45) is 0 Å². The van der Waals surface area contributed by atoms with E-state index in [0.29, 0.717) is 12.1 Å². The second-order valence-corrected chi connectivity index (χ2v) is 4.40. The zero-order chi connectivity index (χ0) is 12.7. The number of hydrogen-bond acceptors (Lipinski definition) is 6. The van der Waals surface area contributed by atoms with Crippen molar-refractivity contribution in [1.82, 2.24) is 19.5 Å². The molecule has 1 fully saturated rings. The number of fused-ring (bicyclic) bond motifs is 1. The molecule has 0 amide bonds. The van der Waals surface area contributed by atoms with E-state index in [2.05, 4.69) is 15.0 Å². The van der Waals surface area contributed by atoms with E-state index in [1.165, 1.54) is 6.33 Å². The second-order valence-electron chi connectivity index (χ2n) is 4.40. The average molecular weight is 250 g/mol. The molecule has 2 aromatic heterocycles. The van der Waals surface area contributed by atoms with Gasteiger partial charge in [0, 0.05) is 6.42 Å².